The first-order valence-electron chi connectivity index (χ1n) is 9.33. The molecule has 2 N–H and O–H groups in total. The number of aliphatic hydroxyl groups is 1. The van der Waals surface area contributed by atoms with Crippen LogP contribution in [-0.2, 0) is 0 Å². The van der Waals surface area contributed by atoms with Crippen molar-refractivity contribution in [1.29, 1.82) is 0 Å². The topological polar surface area (TPSA) is 74.7 Å². The molecular formula is C22H19Cl2N3O3. The molecule has 0 aliphatic carbocycles. The number of carbonyl (C=O) groups excluding carboxylic acids is 1. The lowest BCUT2D eigenvalue weighted by molar-refractivity contribution is 0.102. The Morgan fingerprint density at radius 3 is 2.77 bits per heavy atom. The van der Waals surface area contributed by atoms with Gasteiger partial charge in [0, 0.05) is 11.9 Å². The Balaban J connectivity index is 1.70. The number of aryl methyl sites for hydroxylation is 1. The molecule has 1 aromatic heterocycles. The molecule has 8 heteroatoms. The number of nitrogens with zero attached hydrogens (tertiary/aromatic N) is 2. The zero-order valence-electron chi connectivity index (χ0n) is 16.1. The molecule has 2 aromatic carbocycles. The van der Waals surface area contributed by atoms with Crippen molar-refractivity contribution in [2.24, 2.45) is 0 Å². The molecular weight excluding hydrogens is 425 g/mol. The summed E-state index contributed by atoms with van der Waals surface area (Å²) >= 11 is 12.0. The van der Waals surface area contributed by atoms with Gasteiger partial charge in [0.05, 0.1) is 33.9 Å². The van der Waals surface area contributed by atoms with E-state index in [1.807, 2.05) is 30.0 Å². The molecule has 1 aliphatic heterocycles. The number of anilines is 3. The van der Waals surface area contributed by atoms with E-state index < -0.39 is 0 Å². The van der Waals surface area contributed by atoms with Gasteiger partial charge in [-0.1, -0.05) is 35.3 Å². The number of amides is 1. The maximum Gasteiger partial charge on any atom is 0.259 e. The smallest absolute Gasteiger partial charge is 0.259 e. The Morgan fingerprint density at radius 2 is 2.07 bits per heavy atom. The molecule has 0 spiro atoms. The first-order valence-corrected chi connectivity index (χ1v) is 10.1. The summed E-state index contributed by atoms with van der Waals surface area (Å²) < 4.78 is 5.90. The minimum atomic E-state index is -0.343. The molecule has 2 heterocycles. The van der Waals surface area contributed by atoms with E-state index in [1.54, 1.807) is 36.5 Å². The number of fused-ring (bicyclic) bond motifs is 1. The lowest BCUT2D eigenvalue weighted by Gasteiger charge is -2.37. The Kier molecular flexibility index (Phi) is 5.81. The number of hydrogen-bond donors (Lipinski definition) is 2. The third-order valence-electron chi connectivity index (χ3n) is 4.81. The maximum absolute atomic E-state index is 13.0. The number of halogens is 2. The number of benzene rings is 2. The van der Waals surface area contributed by atoms with E-state index in [1.165, 1.54) is 0 Å². The molecule has 0 fully saturated rings. The molecule has 0 unspecified atom stereocenters. The molecule has 154 valence electrons. The molecule has 30 heavy (non-hydrogen) atoms. The van der Waals surface area contributed by atoms with Gasteiger partial charge in [0.1, 0.15) is 12.4 Å². The van der Waals surface area contributed by atoms with Crippen LogP contribution in [0.2, 0.25) is 10.0 Å². The molecule has 0 saturated heterocycles. The van der Waals surface area contributed by atoms with Gasteiger partial charge in [-0.05, 0) is 48.9 Å². The maximum atomic E-state index is 13.0. The van der Waals surface area contributed by atoms with Crippen LogP contribution < -0.4 is 15.0 Å². The highest BCUT2D eigenvalue weighted by Crippen LogP contribution is 2.41. The second kappa shape index (κ2) is 8.52. The lowest BCUT2D eigenvalue weighted by atomic mass is 10.1. The highest BCUT2D eigenvalue weighted by molar-refractivity contribution is 6.42. The van der Waals surface area contributed by atoms with E-state index in [-0.39, 0.29) is 25.2 Å². The number of hydrogen-bond acceptors (Lipinski definition) is 5. The van der Waals surface area contributed by atoms with Gasteiger partial charge >= 0.3 is 0 Å². The van der Waals surface area contributed by atoms with Crippen LogP contribution >= 0.6 is 23.2 Å². The largest absolute Gasteiger partial charge is 0.488 e. The zero-order chi connectivity index (χ0) is 21.3. The number of nitrogens with one attached hydrogen (secondary N) is 1. The number of aliphatic hydroxyl groups excluding tert-OH is 1. The third-order valence-corrected chi connectivity index (χ3v) is 5.55. The molecule has 0 bridgehead atoms. The molecule has 1 aliphatic rings. The second-order valence-electron chi connectivity index (χ2n) is 6.95. The van der Waals surface area contributed by atoms with E-state index in [2.05, 4.69) is 10.3 Å². The van der Waals surface area contributed by atoms with Crippen LogP contribution in [0.3, 0.4) is 0 Å². The molecule has 1 amide bonds. The molecule has 4 rings (SSSR count). The average molecular weight is 444 g/mol. The predicted molar refractivity (Wildman–Crippen MR) is 118 cm³/mol. The standard InChI is InChI=1S/C22H19Cl2N3O3/c1-13-5-8-20(25-10-13)27-15(11-28)12-30-21-16(3-2-4-19(21)27)22(29)26-14-6-7-17(23)18(24)9-14/h2-10,15,28H,11-12H2,1H3,(H,26,29)/t15-/m0/s1. The Hall–Kier alpha value is -2.80. The monoisotopic (exact) mass is 443 g/mol. The zero-order valence-corrected chi connectivity index (χ0v) is 17.6. The number of pyridine rings is 1. The van der Waals surface area contributed by atoms with Crippen LogP contribution in [-0.4, -0.2) is 35.3 Å². The van der Waals surface area contributed by atoms with Crippen LogP contribution in [0.1, 0.15) is 15.9 Å². The fraction of sp³-hybridized carbons (Fsp3) is 0.182. The van der Waals surface area contributed by atoms with E-state index in [9.17, 15) is 9.90 Å². The van der Waals surface area contributed by atoms with Gasteiger partial charge in [0.25, 0.3) is 5.91 Å². The molecule has 0 radical (unpaired) electrons. The van der Waals surface area contributed by atoms with Crippen molar-refractivity contribution >= 4 is 46.3 Å². The number of para-hydroxylation sites is 1. The van der Waals surface area contributed by atoms with Gasteiger partial charge in [-0.15, -0.1) is 0 Å². The average Bonchev–Trinajstić information content (AvgIpc) is 2.75. The van der Waals surface area contributed by atoms with Crippen molar-refractivity contribution in [1.82, 2.24) is 4.98 Å². The van der Waals surface area contributed by atoms with E-state index in [4.69, 9.17) is 27.9 Å². The summed E-state index contributed by atoms with van der Waals surface area (Å²) in [7, 11) is 0. The third kappa shape index (κ3) is 3.94. The van der Waals surface area contributed by atoms with Crippen molar-refractivity contribution in [3.8, 4) is 5.75 Å². The van der Waals surface area contributed by atoms with Crippen LogP contribution in [0.5, 0.6) is 5.75 Å². The van der Waals surface area contributed by atoms with Gasteiger partial charge in [-0.25, -0.2) is 4.98 Å². The van der Waals surface area contributed by atoms with Crippen LogP contribution in [0.25, 0.3) is 0 Å². The summed E-state index contributed by atoms with van der Waals surface area (Å²) in [5.74, 6) is 0.762. The molecule has 3 aromatic rings. The van der Waals surface area contributed by atoms with E-state index in [0.717, 1.165) is 5.56 Å². The summed E-state index contributed by atoms with van der Waals surface area (Å²) in [5.41, 5.74) is 2.58. The van der Waals surface area contributed by atoms with E-state index in [0.29, 0.717) is 38.6 Å². The molecule has 6 nitrogen and oxygen atoms in total. The van der Waals surface area contributed by atoms with Crippen molar-refractivity contribution in [2.45, 2.75) is 13.0 Å². The Labute approximate surface area is 184 Å². The first-order chi connectivity index (χ1) is 14.5. The second-order valence-corrected chi connectivity index (χ2v) is 7.76. The van der Waals surface area contributed by atoms with Gasteiger partial charge in [0.2, 0.25) is 0 Å². The number of aromatic nitrogens is 1. The van der Waals surface area contributed by atoms with Gasteiger partial charge in [-0.2, -0.15) is 0 Å². The van der Waals surface area contributed by atoms with Gasteiger partial charge < -0.3 is 20.1 Å². The van der Waals surface area contributed by atoms with Gasteiger partial charge in [-0.3, -0.25) is 4.79 Å². The van der Waals surface area contributed by atoms with Crippen molar-refractivity contribution in [3.63, 3.8) is 0 Å². The first kappa shape index (κ1) is 20.5. The molecule has 0 saturated carbocycles. The fourth-order valence-electron chi connectivity index (χ4n) is 3.32. The fourth-order valence-corrected chi connectivity index (χ4v) is 3.61. The summed E-state index contributed by atoms with van der Waals surface area (Å²) in [4.78, 5) is 19.4. The number of carbonyl (C=O) groups is 1. The highest BCUT2D eigenvalue weighted by Gasteiger charge is 2.32. The minimum Gasteiger partial charge on any atom is -0.488 e. The van der Waals surface area contributed by atoms with Crippen molar-refractivity contribution < 1.29 is 14.6 Å². The minimum absolute atomic E-state index is 0.116. The van der Waals surface area contributed by atoms with Crippen LogP contribution in [0, 0.1) is 6.92 Å². The Morgan fingerprint density at radius 1 is 1.23 bits per heavy atom. The Bertz CT molecular complexity index is 1090. The summed E-state index contributed by atoms with van der Waals surface area (Å²) in [5, 5.41) is 13.4. The lowest BCUT2D eigenvalue weighted by Crippen LogP contribution is -2.43. The summed E-state index contributed by atoms with van der Waals surface area (Å²) in [6.45, 7) is 2.06. The quantitative estimate of drug-likeness (QED) is 0.603. The summed E-state index contributed by atoms with van der Waals surface area (Å²) in [6.07, 6.45) is 1.76. The van der Waals surface area contributed by atoms with Gasteiger partial charge in [0.15, 0.2) is 5.75 Å². The highest BCUT2D eigenvalue weighted by atomic mass is 35.5. The van der Waals surface area contributed by atoms with E-state index >= 15 is 0 Å². The predicted octanol–water partition coefficient (Wildman–Crippen LogP) is 4.84. The molecule has 1 atom stereocenters. The normalized spacial score (nSPS) is 15.3. The number of ether oxygens (including phenoxy) is 1. The SMILES string of the molecule is Cc1ccc(N2c3cccc(C(=O)Nc4ccc(Cl)c(Cl)c4)c3OC[C@@H]2CO)nc1. The summed E-state index contributed by atoms with van der Waals surface area (Å²) in [6, 6.07) is 13.7. The van der Waals surface area contributed by atoms with Crippen molar-refractivity contribution in [2.75, 3.05) is 23.4 Å². The number of rotatable bonds is 4. The van der Waals surface area contributed by atoms with Crippen LogP contribution in [0.4, 0.5) is 17.2 Å². The van der Waals surface area contributed by atoms with Crippen molar-refractivity contribution in [3.05, 3.63) is 75.9 Å². The van der Waals surface area contributed by atoms with Crippen LogP contribution in [0.15, 0.2) is 54.7 Å².